The van der Waals surface area contributed by atoms with E-state index >= 15 is 0 Å². The van der Waals surface area contributed by atoms with Crippen LogP contribution in [0, 0.1) is 0 Å². The summed E-state index contributed by atoms with van der Waals surface area (Å²) in [4.78, 5) is 12.0. The summed E-state index contributed by atoms with van der Waals surface area (Å²) in [5.41, 5.74) is 1.33. The highest BCUT2D eigenvalue weighted by Gasteiger charge is 2.13. The number of carbonyl (C=O) groups is 1. The summed E-state index contributed by atoms with van der Waals surface area (Å²) in [6, 6.07) is 7.81. The molecule has 1 rings (SSSR count). The molecule has 1 aromatic rings. The van der Waals surface area contributed by atoms with Gasteiger partial charge in [-0.2, -0.15) is 0 Å². The van der Waals surface area contributed by atoms with E-state index in [9.17, 15) is 4.79 Å². The van der Waals surface area contributed by atoms with Crippen LogP contribution in [0.15, 0.2) is 85.0 Å². The highest BCUT2D eigenvalue weighted by Crippen LogP contribution is 2.24. The number of ether oxygens (including phenoxy) is 1. The topological polar surface area (TPSA) is 26.3 Å². The maximum Gasteiger partial charge on any atom is 0.311 e. The predicted molar refractivity (Wildman–Crippen MR) is 139 cm³/mol. The minimum atomic E-state index is -0.166. The summed E-state index contributed by atoms with van der Waals surface area (Å²) in [5, 5.41) is 0. The van der Waals surface area contributed by atoms with E-state index in [1.807, 2.05) is 24.3 Å². The molecule has 0 aliphatic carbocycles. The van der Waals surface area contributed by atoms with Crippen molar-refractivity contribution in [3.05, 3.63) is 90.6 Å². The Bertz CT molecular complexity index is 768. The lowest BCUT2D eigenvalue weighted by Crippen LogP contribution is -2.11. The number of hydrogen-bond acceptors (Lipinski definition) is 2. The quantitative estimate of drug-likeness (QED) is 0.126. The third-order valence-electron chi connectivity index (χ3n) is 4.86. The summed E-state index contributed by atoms with van der Waals surface area (Å²) < 4.78 is 5.42. The van der Waals surface area contributed by atoms with Gasteiger partial charge in [0.05, 0.1) is 0 Å². The van der Waals surface area contributed by atoms with Crippen molar-refractivity contribution in [1.82, 2.24) is 0 Å². The molecule has 0 aromatic heterocycles. The fourth-order valence-corrected chi connectivity index (χ4v) is 2.94. The van der Waals surface area contributed by atoms with Gasteiger partial charge in [-0.05, 0) is 68.1 Å². The van der Waals surface area contributed by atoms with Crippen LogP contribution in [-0.2, 0) is 10.2 Å². The average Bonchev–Trinajstić information content (AvgIpc) is 2.75. The van der Waals surface area contributed by atoms with Crippen LogP contribution in [0.4, 0.5) is 0 Å². The molecule has 0 fully saturated rings. The molecule has 0 spiro atoms. The number of rotatable bonds is 14. The monoisotopic (exact) mass is 434 g/mol. The van der Waals surface area contributed by atoms with Crippen molar-refractivity contribution < 1.29 is 9.53 Å². The molecule has 0 heterocycles. The van der Waals surface area contributed by atoms with Crippen LogP contribution >= 0.6 is 0 Å². The Balaban J connectivity index is 2.08. The SMILES string of the molecule is CC/C=C\C/C=C\C/C=C\C/C=C\C/C=C\CCCC(=O)Oc1ccc(C(C)(C)C)cc1. The van der Waals surface area contributed by atoms with Gasteiger partial charge >= 0.3 is 5.97 Å². The molecular weight excluding hydrogens is 392 g/mol. The van der Waals surface area contributed by atoms with E-state index < -0.39 is 0 Å². The molecule has 0 aliphatic heterocycles. The standard InChI is InChI=1S/C30H42O2/c1-5-6-7-8-9-10-11-12-13-14-15-16-17-18-19-20-21-22-29(31)32-28-25-23-27(24-26-28)30(2,3)4/h6-7,9-10,12-13,15-16,18-19,23-26H,5,8,11,14,17,20-22H2,1-4H3/b7-6-,10-9-,13-12-,16-15-,19-18-. The van der Waals surface area contributed by atoms with Gasteiger partial charge in [-0.15, -0.1) is 0 Å². The Kier molecular flexibility index (Phi) is 14.6. The van der Waals surface area contributed by atoms with Crippen LogP contribution in [-0.4, -0.2) is 5.97 Å². The van der Waals surface area contributed by atoms with Crippen LogP contribution in [0.5, 0.6) is 5.75 Å². The van der Waals surface area contributed by atoms with E-state index in [1.54, 1.807) is 0 Å². The highest BCUT2D eigenvalue weighted by atomic mass is 16.5. The van der Waals surface area contributed by atoms with Gasteiger partial charge in [0.15, 0.2) is 0 Å². The number of benzene rings is 1. The third kappa shape index (κ3) is 14.4. The number of esters is 1. The van der Waals surface area contributed by atoms with Gasteiger partial charge in [0, 0.05) is 6.42 Å². The molecule has 0 bridgehead atoms. The van der Waals surface area contributed by atoms with Crippen LogP contribution in [0.3, 0.4) is 0 Å². The van der Waals surface area contributed by atoms with Gasteiger partial charge in [0.25, 0.3) is 0 Å². The minimum Gasteiger partial charge on any atom is -0.427 e. The maximum absolute atomic E-state index is 12.0. The molecule has 0 saturated carbocycles. The van der Waals surface area contributed by atoms with Crippen LogP contribution in [0.25, 0.3) is 0 Å². The van der Waals surface area contributed by atoms with E-state index in [1.165, 1.54) is 5.56 Å². The van der Waals surface area contributed by atoms with Crippen molar-refractivity contribution >= 4 is 5.97 Å². The van der Waals surface area contributed by atoms with E-state index in [0.717, 1.165) is 44.9 Å². The Morgan fingerprint density at radius 3 is 1.69 bits per heavy atom. The second-order valence-electron chi connectivity index (χ2n) is 8.85. The van der Waals surface area contributed by atoms with Crippen molar-refractivity contribution in [3.63, 3.8) is 0 Å². The fourth-order valence-electron chi connectivity index (χ4n) is 2.94. The normalized spacial score (nSPS) is 12.9. The molecule has 0 unspecified atom stereocenters. The Morgan fingerprint density at radius 2 is 1.22 bits per heavy atom. The summed E-state index contributed by atoms with van der Waals surface area (Å²) >= 11 is 0. The first-order valence-electron chi connectivity index (χ1n) is 12.0. The van der Waals surface area contributed by atoms with E-state index in [2.05, 4.69) is 88.5 Å². The van der Waals surface area contributed by atoms with Gasteiger partial charge in [-0.1, -0.05) is 101 Å². The second-order valence-corrected chi connectivity index (χ2v) is 8.85. The zero-order valence-corrected chi connectivity index (χ0v) is 20.6. The molecule has 174 valence electrons. The molecule has 0 saturated heterocycles. The Morgan fingerprint density at radius 1 is 0.750 bits per heavy atom. The van der Waals surface area contributed by atoms with Gasteiger partial charge in [0.2, 0.25) is 0 Å². The van der Waals surface area contributed by atoms with Gasteiger partial charge in [-0.3, -0.25) is 4.79 Å². The van der Waals surface area contributed by atoms with E-state index in [-0.39, 0.29) is 11.4 Å². The third-order valence-corrected chi connectivity index (χ3v) is 4.86. The van der Waals surface area contributed by atoms with E-state index in [4.69, 9.17) is 4.74 Å². The minimum absolute atomic E-state index is 0.101. The lowest BCUT2D eigenvalue weighted by atomic mass is 9.87. The number of carbonyl (C=O) groups excluding carboxylic acids is 1. The zero-order chi connectivity index (χ0) is 23.5. The molecule has 2 heteroatoms. The van der Waals surface area contributed by atoms with Crippen LogP contribution < -0.4 is 4.74 Å². The lowest BCUT2D eigenvalue weighted by Gasteiger charge is -2.18. The molecule has 0 radical (unpaired) electrons. The maximum atomic E-state index is 12.0. The first-order valence-corrected chi connectivity index (χ1v) is 12.0. The molecule has 0 atom stereocenters. The van der Waals surface area contributed by atoms with Gasteiger partial charge < -0.3 is 4.74 Å². The lowest BCUT2D eigenvalue weighted by molar-refractivity contribution is -0.134. The molecular formula is C30H42O2. The van der Waals surface area contributed by atoms with Crippen molar-refractivity contribution in [2.75, 3.05) is 0 Å². The van der Waals surface area contributed by atoms with Crippen molar-refractivity contribution in [2.45, 2.75) is 84.5 Å². The average molecular weight is 435 g/mol. The fraction of sp³-hybridized carbons (Fsp3) is 0.433. The molecule has 1 aromatic carbocycles. The Labute approximate surface area is 196 Å². The summed E-state index contributed by atoms with van der Waals surface area (Å²) in [5.74, 6) is 0.457. The number of unbranched alkanes of at least 4 members (excludes halogenated alkanes) is 1. The van der Waals surface area contributed by atoms with Gasteiger partial charge in [-0.25, -0.2) is 0 Å². The smallest absolute Gasteiger partial charge is 0.311 e. The summed E-state index contributed by atoms with van der Waals surface area (Å²) in [6.45, 7) is 8.66. The van der Waals surface area contributed by atoms with Crippen LogP contribution in [0.2, 0.25) is 0 Å². The van der Waals surface area contributed by atoms with Gasteiger partial charge in [0.1, 0.15) is 5.75 Å². The first-order chi connectivity index (χ1) is 15.4. The largest absolute Gasteiger partial charge is 0.427 e. The van der Waals surface area contributed by atoms with E-state index in [0.29, 0.717) is 12.2 Å². The summed E-state index contributed by atoms with van der Waals surface area (Å²) in [6.07, 6.45) is 29.1. The molecule has 0 amide bonds. The number of allylic oxidation sites excluding steroid dienone is 10. The zero-order valence-electron chi connectivity index (χ0n) is 20.6. The second kappa shape index (κ2) is 17.0. The number of hydrogen-bond donors (Lipinski definition) is 0. The predicted octanol–water partition coefficient (Wildman–Crippen LogP) is 8.81. The van der Waals surface area contributed by atoms with Crippen molar-refractivity contribution in [3.8, 4) is 5.75 Å². The highest BCUT2D eigenvalue weighted by molar-refractivity contribution is 5.72. The van der Waals surface area contributed by atoms with Crippen molar-refractivity contribution in [2.24, 2.45) is 0 Å². The van der Waals surface area contributed by atoms with Crippen molar-refractivity contribution in [1.29, 1.82) is 0 Å². The first kappa shape index (κ1) is 27.4. The Hall–Kier alpha value is -2.61. The van der Waals surface area contributed by atoms with Crippen LogP contribution in [0.1, 0.15) is 84.6 Å². The molecule has 2 nitrogen and oxygen atoms in total. The molecule has 0 N–H and O–H groups in total. The molecule has 32 heavy (non-hydrogen) atoms. The molecule has 0 aliphatic rings. The summed E-state index contributed by atoms with van der Waals surface area (Å²) in [7, 11) is 0.